The van der Waals surface area contributed by atoms with Crippen LogP contribution in [-0.4, -0.2) is 16.0 Å². The molecule has 0 radical (unpaired) electrons. The number of ketones is 1. The van der Waals surface area contributed by atoms with Crippen molar-refractivity contribution in [3.05, 3.63) is 58.4 Å². The summed E-state index contributed by atoms with van der Waals surface area (Å²) < 4.78 is 0. The normalized spacial score (nSPS) is 23.4. The quantitative estimate of drug-likeness (QED) is 0.696. The van der Waals surface area contributed by atoms with Crippen molar-refractivity contribution in [3.8, 4) is 0 Å². The van der Waals surface area contributed by atoms with Gasteiger partial charge in [0.2, 0.25) is 0 Å². The number of allylic oxidation sites excluding steroid dienone is 2. The van der Waals surface area contributed by atoms with E-state index in [9.17, 15) is 4.79 Å². The van der Waals surface area contributed by atoms with E-state index in [-0.39, 0.29) is 16.6 Å². The molecule has 154 valence electrons. The molecule has 0 spiro atoms. The number of Topliss-reactive ketones (excluding diaryl/α,β-unsaturated/α-hetero) is 1. The van der Waals surface area contributed by atoms with E-state index in [1.807, 2.05) is 6.07 Å². The molecule has 1 aliphatic heterocycles. The Kier molecular flexibility index (Phi) is 4.52. The molecule has 2 aliphatic rings. The maximum absolute atomic E-state index is 13.5. The zero-order valence-corrected chi connectivity index (χ0v) is 18.6. The van der Waals surface area contributed by atoms with Gasteiger partial charge in [-0.2, -0.15) is 5.10 Å². The van der Waals surface area contributed by atoms with Crippen LogP contribution in [0.25, 0.3) is 0 Å². The molecule has 1 aliphatic carbocycles. The van der Waals surface area contributed by atoms with Crippen LogP contribution in [0, 0.1) is 10.8 Å². The lowest BCUT2D eigenvalue weighted by molar-refractivity contribution is -0.118. The van der Waals surface area contributed by atoms with Crippen molar-refractivity contribution in [2.75, 3.05) is 5.32 Å². The highest BCUT2D eigenvalue weighted by molar-refractivity contribution is 6.02. The number of hydrogen-bond donors (Lipinski definition) is 2. The van der Waals surface area contributed by atoms with Crippen LogP contribution in [0.4, 0.5) is 5.82 Å². The van der Waals surface area contributed by atoms with Crippen LogP contribution < -0.4 is 5.32 Å². The van der Waals surface area contributed by atoms with Crippen LogP contribution in [0.2, 0.25) is 0 Å². The summed E-state index contributed by atoms with van der Waals surface area (Å²) in [5, 5.41) is 11.6. The van der Waals surface area contributed by atoms with E-state index in [1.54, 1.807) is 0 Å². The molecule has 2 aromatic rings. The fourth-order valence-electron chi connectivity index (χ4n) is 5.07. The summed E-state index contributed by atoms with van der Waals surface area (Å²) >= 11 is 0. The number of benzene rings is 1. The van der Waals surface area contributed by atoms with Crippen LogP contribution >= 0.6 is 0 Å². The third kappa shape index (κ3) is 3.23. The number of nitrogens with zero attached hydrogens (tertiary/aromatic N) is 1. The lowest BCUT2D eigenvalue weighted by Gasteiger charge is -2.44. The van der Waals surface area contributed by atoms with Crippen LogP contribution in [0.1, 0.15) is 77.6 Å². The Morgan fingerprint density at radius 2 is 1.79 bits per heavy atom. The number of carbonyl (C=O) groups is 1. The molecule has 29 heavy (non-hydrogen) atoms. The van der Waals surface area contributed by atoms with Gasteiger partial charge in [-0.15, -0.1) is 0 Å². The summed E-state index contributed by atoms with van der Waals surface area (Å²) in [5.74, 6) is 1.13. The van der Waals surface area contributed by atoms with E-state index in [0.717, 1.165) is 53.2 Å². The molecule has 1 atom stereocenters. The second-order valence-electron chi connectivity index (χ2n) is 10.5. The second kappa shape index (κ2) is 6.58. The van der Waals surface area contributed by atoms with Gasteiger partial charge in [-0.1, -0.05) is 71.4 Å². The summed E-state index contributed by atoms with van der Waals surface area (Å²) in [6, 6.07) is 10.5. The Hall–Kier alpha value is -2.36. The maximum Gasteiger partial charge on any atom is 0.162 e. The number of rotatable bonds is 4. The lowest BCUT2D eigenvalue weighted by atomic mass is 9.61. The van der Waals surface area contributed by atoms with E-state index in [1.165, 1.54) is 0 Å². The smallest absolute Gasteiger partial charge is 0.162 e. The molecular formula is C25H33N3O. The Bertz CT molecular complexity index is 981. The summed E-state index contributed by atoms with van der Waals surface area (Å²) in [4.78, 5) is 13.5. The third-order valence-electron chi connectivity index (χ3n) is 6.95. The number of carbonyl (C=O) groups excluding carboxylic acids is 1. The van der Waals surface area contributed by atoms with Gasteiger partial charge in [0.15, 0.2) is 11.6 Å². The van der Waals surface area contributed by atoms with Crippen LogP contribution in [-0.2, 0) is 16.6 Å². The van der Waals surface area contributed by atoms with Crippen LogP contribution in [0.5, 0.6) is 0 Å². The van der Waals surface area contributed by atoms with Gasteiger partial charge in [-0.25, -0.2) is 0 Å². The van der Waals surface area contributed by atoms with Gasteiger partial charge in [-0.05, 0) is 36.2 Å². The lowest BCUT2D eigenvalue weighted by Crippen LogP contribution is -2.42. The molecule has 1 unspecified atom stereocenters. The van der Waals surface area contributed by atoms with Gasteiger partial charge >= 0.3 is 0 Å². The fourth-order valence-corrected chi connectivity index (χ4v) is 5.07. The Morgan fingerprint density at radius 1 is 1.10 bits per heavy atom. The number of anilines is 1. The minimum absolute atomic E-state index is 0.0403. The van der Waals surface area contributed by atoms with Crippen molar-refractivity contribution >= 4 is 11.6 Å². The molecule has 4 nitrogen and oxygen atoms in total. The van der Waals surface area contributed by atoms with E-state index in [2.05, 4.69) is 81.3 Å². The van der Waals surface area contributed by atoms with Gasteiger partial charge in [0, 0.05) is 28.9 Å². The average molecular weight is 392 g/mol. The van der Waals surface area contributed by atoms with E-state index < -0.39 is 5.41 Å². The highest BCUT2D eigenvalue weighted by Gasteiger charge is 2.49. The van der Waals surface area contributed by atoms with Crippen molar-refractivity contribution in [1.29, 1.82) is 0 Å². The number of H-pyrrole nitrogens is 1. The topological polar surface area (TPSA) is 57.8 Å². The molecule has 1 aromatic heterocycles. The number of fused-ring (bicyclic) bond motifs is 1. The third-order valence-corrected chi connectivity index (χ3v) is 6.95. The van der Waals surface area contributed by atoms with Gasteiger partial charge in [0.05, 0.1) is 5.41 Å². The first kappa shape index (κ1) is 19.9. The number of aromatic amines is 1. The van der Waals surface area contributed by atoms with Gasteiger partial charge in [0.25, 0.3) is 0 Å². The molecule has 0 bridgehead atoms. The monoisotopic (exact) mass is 391 g/mol. The molecule has 2 heterocycles. The summed E-state index contributed by atoms with van der Waals surface area (Å²) in [7, 11) is 0. The van der Waals surface area contributed by atoms with Crippen LogP contribution in [0.15, 0.2) is 41.6 Å². The van der Waals surface area contributed by atoms with Crippen molar-refractivity contribution in [2.45, 2.75) is 72.6 Å². The van der Waals surface area contributed by atoms with Crippen molar-refractivity contribution in [3.63, 3.8) is 0 Å². The molecule has 0 amide bonds. The zero-order valence-electron chi connectivity index (χ0n) is 18.6. The molecule has 4 heteroatoms. The SMILES string of the molecule is CCC(C)(C)Cc1[nH]nc2c1C(C)(c1ccccc1)C1=C(CC(C)(C)CC1=O)N2. The summed E-state index contributed by atoms with van der Waals surface area (Å²) in [6.07, 6.45) is 3.42. The highest BCUT2D eigenvalue weighted by atomic mass is 16.1. The van der Waals surface area contributed by atoms with Crippen molar-refractivity contribution in [1.82, 2.24) is 10.2 Å². The van der Waals surface area contributed by atoms with E-state index in [4.69, 9.17) is 0 Å². The second-order valence-corrected chi connectivity index (χ2v) is 10.5. The standard InChI is InChI=1S/C25H33N3O/c1-7-23(2,3)14-18-21-22(28-27-18)26-17-13-24(4,5)15-19(29)20(17)25(21,6)16-11-9-8-10-12-16/h8-12H,7,13-15H2,1-6H3,(H2,26,27,28). The highest BCUT2D eigenvalue weighted by Crippen LogP contribution is 2.53. The molecule has 2 N–H and O–H groups in total. The molecule has 4 rings (SSSR count). The van der Waals surface area contributed by atoms with Crippen molar-refractivity contribution < 1.29 is 4.79 Å². The molecule has 0 fully saturated rings. The first-order valence-electron chi connectivity index (χ1n) is 10.7. The van der Waals surface area contributed by atoms with Crippen LogP contribution in [0.3, 0.4) is 0 Å². The summed E-state index contributed by atoms with van der Waals surface area (Å²) in [5.41, 5.74) is 5.00. The predicted molar refractivity (Wildman–Crippen MR) is 118 cm³/mol. The van der Waals surface area contributed by atoms with Crippen molar-refractivity contribution in [2.24, 2.45) is 10.8 Å². The first-order chi connectivity index (χ1) is 13.6. The fraction of sp³-hybridized carbons (Fsp3) is 0.520. The first-order valence-corrected chi connectivity index (χ1v) is 10.7. The molecule has 0 saturated heterocycles. The van der Waals surface area contributed by atoms with E-state index >= 15 is 0 Å². The zero-order chi connectivity index (χ0) is 21.0. The molecule has 1 aromatic carbocycles. The minimum atomic E-state index is -0.503. The average Bonchev–Trinajstić information content (AvgIpc) is 3.03. The number of hydrogen-bond acceptors (Lipinski definition) is 3. The Labute approximate surface area is 174 Å². The van der Waals surface area contributed by atoms with Gasteiger partial charge < -0.3 is 5.32 Å². The Morgan fingerprint density at radius 3 is 2.45 bits per heavy atom. The molecule has 0 saturated carbocycles. The van der Waals surface area contributed by atoms with Gasteiger partial charge in [0.1, 0.15) is 0 Å². The minimum Gasteiger partial charge on any atom is -0.342 e. The number of aromatic nitrogens is 2. The van der Waals surface area contributed by atoms with Gasteiger partial charge in [-0.3, -0.25) is 9.89 Å². The largest absolute Gasteiger partial charge is 0.342 e. The predicted octanol–water partition coefficient (Wildman–Crippen LogP) is 5.76. The summed E-state index contributed by atoms with van der Waals surface area (Å²) in [6.45, 7) is 13.4. The number of nitrogens with one attached hydrogen (secondary N) is 2. The Balaban J connectivity index is 1.96. The van der Waals surface area contributed by atoms with E-state index in [0.29, 0.717) is 6.42 Å². The molecular weight excluding hydrogens is 358 g/mol. The maximum atomic E-state index is 13.5.